The van der Waals surface area contributed by atoms with Crippen LogP contribution in [-0.2, 0) is 99.1 Å². The summed E-state index contributed by atoms with van der Waals surface area (Å²) in [5.74, 6) is -0.320. The van der Waals surface area contributed by atoms with Crippen molar-refractivity contribution in [1.29, 1.82) is 0 Å². The molecule has 0 aliphatic carbocycles. The molecule has 652 valence electrons. The van der Waals surface area contributed by atoms with E-state index in [-0.39, 0.29) is 139 Å². The van der Waals surface area contributed by atoms with Crippen LogP contribution in [0.3, 0.4) is 0 Å². The van der Waals surface area contributed by atoms with Crippen molar-refractivity contribution < 1.29 is 64.8 Å². The Balaban J connectivity index is 0.000000366. The van der Waals surface area contributed by atoms with E-state index >= 15 is 0 Å². The van der Waals surface area contributed by atoms with Gasteiger partial charge in [0.05, 0.1) is 5.34 Å². The molecular weight excluding hydrogens is 1600 g/mol. The van der Waals surface area contributed by atoms with E-state index in [0.717, 1.165) is 66.8 Å². The van der Waals surface area contributed by atoms with Crippen LogP contribution in [0.1, 0.15) is 316 Å². The number of benzene rings is 9. The van der Waals surface area contributed by atoms with Gasteiger partial charge >= 0.3 is 0 Å². The van der Waals surface area contributed by atoms with Gasteiger partial charge in [0.1, 0.15) is 0 Å². The van der Waals surface area contributed by atoms with Crippen molar-refractivity contribution in [1.82, 2.24) is 0 Å². The van der Waals surface area contributed by atoms with Gasteiger partial charge in [-0.05, 0) is 98.4 Å². The smallest absolute Gasteiger partial charge is 0.0967 e. The van der Waals surface area contributed by atoms with Crippen molar-refractivity contribution >= 4 is 91.5 Å². The summed E-state index contributed by atoms with van der Waals surface area (Å²) in [6.07, 6.45) is 0. The third-order valence-electron chi connectivity index (χ3n) is 20.4. The maximum absolute atomic E-state index is 13.4. The number of hydrogen-bond donors (Lipinski definition) is 0. The number of nitrogens with zero attached hydrogens (tertiary/aromatic N) is 6. The molecule has 0 aliphatic heterocycles. The SMILES string of the molecule is CC(C)(C)c1cc([N-]c2cccc([N-]c3cc(C(C)(C)C)cc(C(C)(C)C)c3[O-])c2)c([O-])c(C(C)(C)C)c1.CC(C)(C)c1cc([N-]c2cccc([N-]c3cc(C(C)(C)C)cc(C(C)(C)C)c3[O-])c2)c([O-])c(C(C)(C)C)c1.CC(C)(C)c1cc([N-]c2cccc([N-]c3cc(C(C)(C)C)cc(C(C)(C)C)c3[O-])c2)c([O-])c(C(C)(C)C)c1.ClCCl.[Mn].[Mn]. The van der Waals surface area contributed by atoms with Crippen LogP contribution in [0, 0.1) is 0 Å². The van der Waals surface area contributed by atoms with Crippen molar-refractivity contribution in [3.63, 3.8) is 0 Å². The Hall–Kier alpha value is -7.80. The van der Waals surface area contributed by atoms with Crippen LogP contribution in [0.25, 0.3) is 31.9 Å². The second-order valence-corrected chi connectivity index (χ2v) is 44.4. The van der Waals surface area contributed by atoms with E-state index in [1.165, 1.54) is 0 Å². The fourth-order valence-corrected chi connectivity index (χ4v) is 12.9. The summed E-state index contributed by atoms with van der Waals surface area (Å²) in [7, 11) is 0. The molecule has 9 aromatic rings. The van der Waals surface area contributed by atoms with Gasteiger partial charge in [-0.3, -0.25) is 0 Å². The van der Waals surface area contributed by atoms with Crippen LogP contribution in [-0.4, -0.2) is 5.34 Å². The van der Waals surface area contributed by atoms with Gasteiger partial charge in [0.2, 0.25) is 0 Å². The van der Waals surface area contributed by atoms with Crippen molar-refractivity contribution in [2.75, 3.05) is 5.34 Å². The van der Waals surface area contributed by atoms with Gasteiger partial charge in [0.25, 0.3) is 0 Å². The minimum Gasteiger partial charge on any atom is -0.873 e. The Morgan fingerprint density at radius 2 is 0.303 bits per heavy atom. The van der Waals surface area contributed by atoms with Crippen LogP contribution in [0.15, 0.2) is 146 Å². The molecule has 9 rings (SSSR count). The summed E-state index contributed by atoms with van der Waals surface area (Å²) in [6, 6.07) is 45.8. The van der Waals surface area contributed by atoms with Crippen LogP contribution in [0.5, 0.6) is 34.5 Å². The molecule has 0 fully saturated rings. The van der Waals surface area contributed by atoms with Crippen molar-refractivity contribution in [3.05, 3.63) is 244 Å². The first kappa shape index (κ1) is 104. The molecule has 0 aromatic heterocycles. The van der Waals surface area contributed by atoms with E-state index < -0.39 is 0 Å². The molecule has 0 amide bonds. The topological polar surface area (TPSA) is 223 Å². The monoisotopic (exact) mass is 1730 g/mol. The molecule has 16 heteroatoms. The van der Waals surface area contributed by atoms with Crippen LogP contribution >= 0.6 is 23.2 Å². The predicted molar refractivity (Wildman–Crippen MR) is 492 cm³/mol. The number of alkyl halides is 2. The zero-order valence-corrected chi connectivity index (χ0v) is 82.1. The Morgan fingerprint density at radius 3 is 0.395 bits per heavy atom. The van der Waals surface area contributed by atoms with Crippen molar-refractivity contribution in [2.24, 2.45) is 0 Å². The van der Waals surface area contributed by atoms with Crippen LogP contribution in [0.4, 0.5) is 68.2 Å². The van der Waals surface area contributed by atoms with Gasteiger partial charge in [-0.1, -0.05) is 428 Å². The van der Waals surface area contributed by atoms with E-state index in [2.05, 4.69) is 249 Å². The van der Waals surface area contributed by atoms with Crippen molar-refractivity contribution in [2.45, 2.75) is 314 Å². The largest absolute Gasteiger partial charge is 0.873 e. The Labute approximate surface area is 749 Å². The number of hydrogen-bond acceptors (Lipinski definition) is 6. The molecule has 0 atom stereocenters. The van der Waals surface area contributed by atoms with E-state index in [9.17, 15) is 30.6 Å². The molecule has 12 nitrogen and oxygen atoms in total. The summed E-state index contributed by atoms with van der Waals surface area (Å²) in [5.41, 5.74) is 14.8. The summed E-state index contributed by atoms with van der Waals surface area (Å²) in [4.78, 5) is 0. The van der Waals surface area contributed by atoms with Gasteiger partial charge in [-0.2, -0.15) is 0 Å². The quantitative estimate of drug-likeness (QED) is 0.0854. The first-order valence-electron chi connectivity index (χ1n) is 40.8. The molecule has 0 bridgehead atoms. The van der Waals surface area contributed by atoms with Crippen molar-refractivity contribution in [3.8, 4) is 34.5 Å². The fourth-order valence-electron chi connectivity index (χ4n) is 12.9. The molecule has 0 spiro atoms. The second-order valence-electron chi connectivity index (χ2n) is 43.6. The minimum absolute atomic E-state index is 0. The van der Waals surface area contributed by atoms with E-state index in [1.807, 2.05) is 146 Å². The molecule has 0 N–H and O–H groups in total. The van der Waals surface area contributed by atoms with Crippen LogP contribution < -0.4 is 30.6 Å². The van der Waals surface area contributed by atoms with Gasteiger partial charge in [0.15, 0.2) is 0 Å². The van der Waals surface area contributed by atoms with Crippen LogP contribution in [0.2, 0.25) is 0 Å². The first-order chi connectivity index (χ1) is 52.9. The Morgan fingerprint density at radius 1 is 0.193 bits per heavy atom. The molecule has 0 saturated heterocycles. The Bertz CT molecular complexity index is 4180. The number of halogens is 2. The molecule has 0 saturated carbocycles. The zero-order chi connectivity index (χ0) is 89.2. The van der Waals surface area contributed by atoms with E-state index in [4.69, 9.17) is 55.1 Å². The van der Waals surface area contributed by atoms with Gasteiger partial charge in [-0.15, -0.1) is 126 Å². The van der Waals surface area contributed by atoms with Gasteiger partial charge < -0.3 is 62.5 Å². The predicted octanol–water partition coefficient (Wildman–Crippen LogP) is 30.5. The van der Waals surface area contributed by atoms with E-state index in [1.54, 1.807) is 0 Å². The molecular formula is C103H134Cl2Mn2N6O6-12. The maximum atomic E-state index is 13.4. The van der Waals surface area contributed by atoms with Gasteiger partial charge in [-0.25, -0.2) is 0 Å². The average Bonchev–Trinajstić information content (AvgIpc) is 0.801. The molecule has 2 radical (unpaired) electrons. The first-order valence-corrected chi connectivity index (χ1v) is 41.9. The number of rotatable bonds is 12. The standard InChI is InChI=1S/3C34H46N2O2.CH2Cl2.2Mn/c3*1-31(2,3)21-16-25(33(7,8)9)29(37)27(18-21)35-23-14-13-15-24(20-23)36-28-19-22(32(4,5)6)17-26(30(28)38)34(10,11)12;2-1-3;;/h3*13-20,37-38H,1-12H3;1H2;;/q3*-2;;;/p-6. The maximum Gasteiger partial charge on any atom is 0.0967 e. The normalized spacial score (nSPS) is 12.6. The molecule has 9 aromatic carbocycles. The summed E-state index contributed by atoms with van der Waals surface area (Å²) in [5, 5.41) is 109. The third kappa shape index (κ3) is 28.1. The minimum atomic E-state index is -0.298. The Kier molecular flexibility index (Phi) is 33.3. The molecule has 0 heterocycles. The zero-order valence-electron chi connectivity index (χ0n) is 78.2. The third-order valence-corrected chi connectivity index (χ3v) is 20.4. The van der Waals surface area contributed by atoms with Gasteiger partial charge in [0, 0.05) is 34.1 Å². The molecule has 0 aliphatic rings. The van der Waals surface area contributed by atoms with E-state index in [0.29, 0.717) is 68.2 Å². The summed E-state index contributed by atoms with van der Waals surface area (Å²) < 4.78 is 0. The second kappa shape index (κ2) is 38.3. The molecule has 0 unspecified atom stereocenters. The summed E-state index contributed by atoms with van der Waals surface area (Å²) >= 11 is 9.53. The molecule has 119 heavy (non-hydrogen) atoms. The summed E-state index contributed by atoms with van der Waals surface area (Å²) in [6.45, 7) is 75.5. The average molecular weight is 1730 g/mol. The fraction of sp³-hybridized carbons (Fsp3) is 0.476.